The fourth-order valence-electron chi connectivity index (χ4n) is 3.54. The second kappa shape index (κ2) is 6.30. The Hall–Kier alpha value is -3.14. The van der Waals surface area contributed by atoms with Gasteiger partial charge >= 0.3 is 0 Å². The maximum atomic E-state index is 13.9. The molecule has 0 unspecified atom stereocenters. The molecule has 0 aliphatic heterocycles. The van der Waals surface area contributed by atoms with Gasteiger partial charge in [-0.15, -0.1) is 0 Å². The van der Waals surface area contributed by atoms with Crippen molar-refractivity contribution in [3.05, 3.63) is 83.2 Å². The van der Waals surface area contributed by atoms with E-state index in [1.165, 1.54) is 11.6 Å². The quantitative estimate of drug-likeness (QED) is 0.584. The van der Waals surface area contributed by atoms with E-state index in [4.69, 9.17) is 5.73 Å². The summed E-state index contributed by atoms with van der Waals surface area (Å²) < 4.78 is 15.9. The molecule has 0 bridgehead atoms. The van der Waals surface area contributed by atoms with Gasteiger partial charge in [0.05, 0.1) is 11.0 Å². The highest BCUT2D eigenvalue weighted by Gasteiger charge is 2.17. The van der Waals surface area contributed by atoms with Crippen molar-refractivity contribution in [1.29, 1.82) is 0 Å². The molecule has 1 heterocycles. The third-order valence-electron chi connectivity index (χ3n) is 4.77. The lowest BCUT2D eigenvalue weighted by Gasteiger charge is -2.09. The molecule has 0 atom stereocenters. The van der Waals surface area contributed by atoms with Crippen LogP contribution in [0.5, 0.6) is 0 Å². The number of fused-ring (bicyclic) bond motifs is 3. The van der Waals surface area contributed by atoms with Gasteiger partial charge in [-0.1, -0.05) is 37.3 Å². The number of aromatic nitrogens is 1. The summed E-state index contributed by atoms with van der Waals surface area (Å²) >= 11 is 0. The Morgan fingerprint density at radius 1 is 1.08 bits per heavy atom. The molecule has 3 aromatic carbocycles. The predicted molar refractivity (Wildman–Crippen MR) is 102 cm³/mol. The first-order valence-electron chi connectivity index (χ1n) is 8.59. The third-order valence-corrected chi connectivity index (χ3v) is 4.77. The molecule has 2 N–H and O–H groups in total. The van der Waals surface area contributed by atoms with Crippen LogP contribution in [-0.4, -0.2) is 10.5 Å². The first-order chi connectivity index (χ1) is 12.6. The van der Waals surface area contributed by atoms with Gasteiger partial charge in [0.1, 0.15) is 5.82 Å². The first-order valence-corrected chi connectivity index (χ1v) is 8.59. The Kier molecular flexibility index (Phi) is 3.96. The monoisotopic (exact) mass is 345 g/mol. The lowest BCUT2D eigenvalue weighted by atomic mass is 10.1. The minimum absolute atomic E-state index is 0.385. The van der Waals surface area contributed by atoms with Crippen molar-refractivity contribution < 1.29 is 9.18 Å². The molecule has 26 heavy (non-hydrogen) atoms. The molecule has 0 aliphatic carbocycles. The summed E-state index contributed by atoms with van der Waals surface area (Å²) in [5.74, 6) is -0.982. The Bertz CT molecular complexity index is 1140. The second-order valence-electron chi connectivity index (χ2n) is 6.39. The van der Waals surface area contributed by atoms with Gasteiger partial charge in [-0.25, -0.2) is 4.39 Å². The van der Waals surface area contributed by atoms with Gasteiger partial charge in [-0.3, -0.25) is 4.79 Å². The fourth-order valence-corrected chi connectivity index (χ4v) is 3.54. The van der Waals surface area contributed by atoms with Crippen molar-refractivity contribution in [2.45, 2.75) is 19.9 Å². The Morgan fingerprint density at radius 2 is 1.85 bits per heavy atom. The molecule has 4 heteroatoms. The average Bonchev–Trinajstić information content (AvgIpc) is 2.95. The van der Waals surface area contributed by atoms with Gasteiger partial charge in [-0.2, -0.15) is 0 Å². The number of nitrogens with two attached hydrogens (primary N) is 1. The van der Waals surface area contributed by atoms with Crippen molar-refractivity contribution in [2.75, 3.05) is 0 Å². The van der Waals surface area contributed by atoms with Gasteiger partial charge < -0.3 is 10.3 Å². The Morgan fingerprint density at radius 3 is 2.62 bits per heavy atom. The summed E-state index contributed by atoms with van der Waals surface area (Å²) in [5, 5.41) is 1.24. The van der Waals surface area contributed by atoms with E-state index < -0.39 is 11.7 Å². The van der Waals surface area contributed by atoms with Crippen LogP contribution in [0.1, 0.15) is 28.4 Å². The maximum absolute atomic E-state index is 13.9. The van der Waals surface area contributed by atoms with Gasteiger partial charge in [0.25, 0.3) is 0 Å². The molecule has 4 rings (SSSR count). The van der Waals surface area contributed by atoms with E-state index in [0.29, 0.717) is 22.9 Å². The van der Waals surface area contributed by atoms with E-state index in [1.54, 1.807) is 18.2 Å². The molecule has 0 spiro atoms. The molecule has 0 saturated carbocycles. The molecule has 1 radical (unpaired) electrons. The summed E-state index contributed by atoms with van der Waals surface area (Å²) in [7, 11) is 0. The minimum atomic E-state index is -0.528. The number of aryl methyl sites for hydroxylation is 1. The normalized spacial score (nSPS) is 11.3. The second-order valence-corrected chi connectivity index (χ2v) is 6.39. The largest absolute Gasteiger partial charge is 0.366 e. The minimum Gasteiger partial charge on any atom is -0.366 e. The zero-order valence-electron chi connectivity index (χ0n) is 14.4. The molecule has 0 saturated heterocycles. The summed E-state index contributed by atoms with van der Waals surface area (Å²) in [4.78, 5) is 11.9. The van der Waals surface area contributed by atoms with Crippen LogP contribution in [0.15, 0.2) is 54.6 Å². The van der Waals surface area contributed by atoms with E-state index >= 15 is 0 Å². The predicted octanol–water partition coefficient (Wildman–Crippen LogP) is 4.44. The number of carbonyl (C=O) groups excluding carboxylic acids is 1. The van der Waals surface area contributed by atoms with E-state index in [0.717, 1.165) is 23.0 Å². The van der Waals surface area contributed by atoms with Crippen molar-refractivity contribution in [2.24, 2.45) is 5.73 Å². The van der Waals surface area contributed by atoms with Gasteiger partial charge in [0.15, 0.2) is 0 Å². The lowest BCUT2D eigenvalue weighted by Crippen LogP contribution is -2.11. The van der Waals surface area contributed by atoms with Crippen LogP contribution in [0, 0.1) is 11.9 Å². The number of hydrogen-bond donors (Lipinski definition) is 1. The lowest BCUT2D eigenvalue weighted by molar-refractivity contribution is 0.100. The van der Waals surface area contributed by atoms with Crippen LogP contribution < -0.4 is 5.73 Å². The molecule has 0 fully saturated rings. The number of primary amides is 1. The number of carbonyl (C=O) groups is 1. The SMILES string of the molecule is CCc1cccc(Cn2c3ccc(F)[c]c3c3c(C(N)=O)cccc32)c1. The maximum Gasteiger partial charge on any atom is 0.249 e. The number of nitrogens with zero attached hydrogens (tertiary/aromatic N) is 1. The van der Waals surface area contributed by atoms with Crippen molar-refractivity contribution in [3.63, 3.8) is 0 Å². The molecule has 0 aliphatic rings. The van der Waals surface area contributed by atoms with Gasteiger partial charge in [0, 0.05) is 28.9 Å². The summed E-state index contributed by atoms with van der Waals surface area (Å²) in [5.41, 5.74) is 10.0. The average molecular weight is 345 g/mol. The fraction of sp³-hybridized carbons (Fsp3) is 0.136. The van der Waals surface area contributed by atoms with E-state index in [9.17, 15) is 9.18 Å². The topological polar surface area (TPSA) is 48.0 Å². The van der Waals surface area contributed by atoms with Crippen LogP contribution in [-0.2, 0) is 13.0 Å². The van der Waals surface area contributed by atoms with E-state index in [2.05, 4.69) is 35.8 Å². The van der Waals surface area contributed by atoms with Crippen LogP contribution in [0.25, 0.3) is 21.8 Å². The number of benzene rings is 3. The number of halogens is 1. The highest BCUT2D eigenvalue weighted by molar-refractivity contribution is 6.17. The third kappa shape index (κ3) is 2.64. The number of amides is 1. The summed E-state index contributed by atoms with van der Waals surface area (Å²) in [6.45, 7) is 2.74. The molecular formula is C22H18FN2O. The molecule has 1 aromatic heterocycles. The van der Waals surface area contributed by atoms with Crippen LogP contribution >= 0.6 is 0 Å². The van der Waals surface area contributed by atoms with Crippen LogP contribution in [0.4, 0.5) is 4.39 Å². The zero-order valence-corrected chi connectivity index (χ0v) is 14.4. The number of rotatable bonds is 4. The van der Waals surface area contributed by atoms with Crippen LogP contribution in [0.3, 0.4) is 0 Å². The Labute approximate surface area is 150 Å². The first kappa shape index (κ1) is 16.3. The van der Waals surface area contributed by atoms with E-state index in [-0.39, 0.29) is 0 Å². The van der Waals surface area contributed by atoms with Gasteiger partial charge in [0.2, 0.25) is 5.91 Å². The smallest absolute Gasteiger partial charge is 0.249 e. The number of hydrogen-bond acceptors (Lipinski definition) is 1. The van der Waals surface area contributed by atoms with Crippen molar-refractivity contribution >= 4 is 27.7 Å². The molecule has 1 amide bonds. The van der Waals surface area contributed by atoms with E-state index in [1.807, 2.05) is 12.1 Å². The summed E-state index contributed by atoms with van der Waals surface area (Å²) in [6.07, 6.45) is 0.964. The van der Waals surface area contributed by atoms with Crippen molar-refractivity contribution in [3.8, 4) is 0 Å². The highest BCUT2D eigenvalue weighted by atomic mass is 19.1. The van der Waals surface area contributed by atoms with Crippen molar-refractivity contribution in [1.82, 2.24) is 4.57 Å². The Balaban J connectivity index is 2.01. The summed E-state index contributed by atoms with van der Waals surface area (Å²) in [6, 6.07) is 19.7. The molecule has 3 nitrogen and oxygen atoms in total. The van der Waals surface area contributed by atoms with Gasteiger partial charge in [-0.05, 0) is 41.8 Å². The molecule has 129 valence electrons. The van der Waals surface area contributed by atoms with Crippen LogP contribution in [0.2, 0.25) is 0 Å². The zero-order chi connectivity index (χ0) is 18.3. The standard InChI is InChI=1S/C22H18FN2O/c1-2-14-5-3-6-15(11-14)13-25-19-10-9-16(23)12-18(19)21-17(22(24)26)7-4-8-20(21)25/h3-11H,2,13H2,1H3,(H2,24,26). The highest BCUT2D eigenvalue weighted by Crippen LogP contribution is 2.32. The molecule has 4 aromatic rings. The molecular weight excluding hydrogens is 327 g/mol.